The molecule has 0 bridgehead atoms. The molecule has 0 spiro atoms. The van der Waals surface area contributed by atoms with E-state index in [0.29, 0.717) is 6.54 Å². The summed E-state index contributed by atoms with van der Waals surface area (Å²) in [4.78, 5) is 22.4. The summed E-state index contributed by atoms with van der Waals surface area (Å²) in [5.74, 6) is 0.157. The number of nitrogens with zero attached hydrogens (tertiary/aromatic N) is 3. The molecule has 39 heavy (non-hydrogen) atoms. The molecule has 3 heterocycles. The Bertz CT molecular complexity index is 1130. The summed E-state index contributed by atoms with van der Waals surface area (Å²) in [7, 11) is 0. The molecule has 208 valence electrons. The lowest BCUT2D eigenvalue weighted by Crippen LogP contribution is -2.46. The Morgan fingerprint density at radius 2 is 1.64 bits per heavy atom. The van der Waals surface area contributed by atoms with Gasteiger partial charge in [0.05, 0.1) is 13.2 Å². The van der Waals surface area contributed by atoms with Gasteiger partial charge < -0.3 is 14.5 Å². The van der Waals surface area contributed by atoms with Gasteiger partial charge in [-0.15, -0.1) is 11.3 Å². The number of anilines is 1. The number of piperidine rings is 1. The van der Waals surface area contributed by atoms with Crippen molar-refractivity contribution in [3.05, 3.63) is 87.6 Å². The Kier molecular flexibility index (Phi) is 10.1. The molecule has 3 aromatic rings. The molecule has 0 N–H and O–H groups in total. The number of carbonyl (C=O) groups excluding carboxylic acids is 1. The summed E-state index contributed by atoms with van der Waals surface area (Å²) >= 11 is 1.83. The highest BCUT2D eigenvalue weighted by atomic mass is 32.1. The number of ether oxygens (including phenoxy) is 1. The molecule has 2 aliphatic heterocycles. The topological polar surface area (TPSA) is 36.0 Å². The number of carbonyl (C=O) groups is 1. The van der Waals surface area contributed by atoms with Gasteiger partial charge in [-0.3, -0.25) is 9.69 Å². The molecule has 0 aliphatic carbocycles. The van der Waals surface area contributed by atoms with E-state index in [1.807, 2.05) is 23.5 Å². The first-order valence-corrected chi connectivity index (χ1v) is 15.6. The van der Waals surface area contributed by atoms with Gasteiger partial charge in [-0.2, -0.15) is 0 Å². The van der Waals surface area contributed by atoms with Crippen LogP contribution in [0.3, 0.4) is 0 Å². The number of unbranched alkanes of at least 4 members (excludes halogenated alkanes) is 2. The van der Waals surface area contributed by atoms with Crippen molar-refractivity contribution in [3.63, 3.8) is 0 Å². The predicted molar refractivity (Wildman–Crippen MR) is 162 cm³/mol. The molecule has 1 amide bonds. The van der Waals surface area contributed by atoms with Crippen LogP contribution < -0.4 is 4.90 Å². The number of morpholine rings is 1. The summed E-state index contributed by atoms with van der Waals surface area (Å²) in [6.45, 7) is 9.39. The van der Waals surface area contributed by atoms with Gasteiger partial charge in [0.2, 0.25) is 0 Å². The van der Waals surface area contributed by atoms with E-state index in [-0.39, 0.29) is 11.9 Å². The fourth-order valence-electron chi connectivity index (χ4n) is 5.77. The average molecular weight is 546 g/mol. The quantitative estimate of drug-likeness (QED) is 0.254. The smallest absolute Gasteiger partial charge is 0.254 e. The zero-order valence-electron chi connectivity index (χ0n) is 23.4. The van der Waals surface area contributed by atoms with Gasteiger partial charge in [0.15, 0.2) is 0 Å². The number of hydrogen-bond acceptors (Lipinski definition) is 5. The number of thiophene rings is 1. The van der Waals surface area contributed by atoms with Crippen LogP contribution in [-0.4, -0.2) is 61.1 Å². The van der Waals surface area contributed by atoms with Crippen LogP contribution in [-0.2, 0) is 24.2 Å². The van der Waals surface area contributed by atoms with Crippen LogP contribution in [0.1, 0.15) is 65.4 Å². The number of amides is 1. The van der Waals surface area contributed by atoms with Crippen LogP contribution in [0, 0.1) is 0 Å². The molecule has 5 rings (SSSR count). The summed E-state index contributed by atoms with van der Waals surface area (Å²) < 4.78 is 5.51. The SMILES string of the molecule is CCCCCc1ccc(C(=O)N(Cc2ccc(N3CCOCC3)cc2)C2CCN(Cc3cccs3)CC2)cc1. The first-order valence-electron chi connectivity index (χ1n) is 14.8. The second kappa shape index (κ2) is 14.1. The molecule has 1 aromatic heterocycles. The molecule has 2 aliphatic rings. The number of benzene rings is 2. The Morgan fingerprint density at radius 3 is 2.31 bits per heavy atom. The van der Waals surface area contributed by atoms with Crippen molar-refractivity contribution in [3.8, 4) is 0 Å². The van der Waals surface area contributed by atoms with Gasteiger partial charge >= 0.3 is 0 Å². The minimum Gasteiger partial charge on any atom is -0.378 e. The minimum absolute atomic E-state index is 0.157. The average Bonchev–Trinajstić information content (AvgIpc) is 3.50. The van der Waals surface area contributed by atoms with Crippen molar-refractivity contribution < 1.29 is 9.53 Å². The predicted octanol–water partition coefficient (Wildman–Crippen LogP) is 6.62. The normalized spacial score (nSPS) is 16.9. The highest BCUT2D eigenvalue weighted by Gasteiger charge is 2.29. The first kappa shape index (κ1) is 27.9. The van der Waals surface area contributed by atoms with Crippen molar-refractivity contribution in [1.82, 2.24) is 9.80 Å². The van der Waals surface area contributed by atoms with Crippen LogP contribution in [0.4, 0.5) is 5.69 Å². The molecule has 6 heteroatoms. The number of likely N-dealkylation sites (tertiary alicyclic amines) is 1. The van der Waals surface area contributed by atoms with E-state index in [4.69, 9.17) is 4.74 Å². The number of aryl methyl sites for hydroxylation is 1. The Balaban J connectivity index is 1.28. The maximum Gasteiger partial charge on any atom is 0.254 e. The van der Waals surface area contributed by atoms with E-state index < -0.39 is 0 Å². The molecular weight excluding hydrogens is 502 g/mol. The molecule has 0 saturated carbocycles. The molecule has 0 radical (unpaired) electrons. The Labute approximate surface area is 238 Å². The summed E-state index contributed by atoms with van der Waals surface area (Å²) in [5, 5.41) is 2.15. The zero-order chi connectivity index (χ0) is 26.9. The van der Waals surface area contributed by atoms with Gasteiger partial charge in [0, 0.05) is 61.4 Å². The first-order chi connectivity index (χ1) is 19.2. The third kappa shape index (κ3) is 7.71. The van der Waals surface area contributed by atoms with E-state index in [0.717, 1.165) is 70.8 Å². The molecule has 2 aromatic carbocycles. The monoisotopic (exact) mass is 545 g/mol. The highest BCUT2D eigenvalue weighted by molar-refractivity contribution is 7.09. The van der Waals surface area contributed by atoms with Gasteiger partial charge in [-0.25, -0.2) is 0 Å². The third-order valence-corrected chi connectivity index (χ3v) is 9.01. The summed E-state index contributed by atoms with van der Waals surface area (Å²) in [5.41, 5.74) is 4.56. The molecule has 0 atom stereocenters. The molecule has 2 fully saturated rings. The lowest BCUT2D eigenvalue weighted by atomic mass is 9.99. The molecule has 2 saturated heterocycles. The number of rotatable bonds is 11. The summed E-state index contributed by atoms with van der Waals surface area (Å²) in [6.07, 6.45) is 6.80. The van der Waals surface area contributed by atoms with Crippen molar-refractivity contribution in [2.45, 2.75) is 64.6 Å². The van der Waals surface area contributed by atoms with Crippen LogP contribution in [0.25, 0.3) is 0 Å². The minimum atomic E-state index is 0.157. The zero-order valence-corrected chi connectivity index (χ0v) is 24.2. The Morgan fingerprint density at radius 1 is 0.923 bits per heavy atom. The second-order valence-electron chi connectivity index (χ2n) is 10.9. The molecule has 5 nitrogen and oxygen atoms in total. The highest BCUT2D eigenvalue weighted by Crippen LogP contribution is 2.25. The van der Waals surface area contributed by atoms with Crippen LogP contribution in [0.2, 0.25) is 0 Å². The van der Waals surface area contributed by atoms with Crippen LogP contribution in [0.5, 0.6) is 0 Å². The van der Waals surface area contributed by atoms with Crippen molar-refractivity contribution in [2.75, 3.05) is 44.3 Å². The summed E-state index contributed by atoms with van der Waals surface area (Å²) in [6, 6.07) is 21.8. The molecule has 0 unspecified atom stereocenters. The van der Waals surface area contributed by atoms with E-state index in [2.05, 4.69) is 75.5 Å². The van der Waals surface area contributed by atoms with Crippen molar-refractivity contribution in [2.24, 2.45) is 0 Å². The maximum absolute atomic E-state index is 14.0. The van der Waals surface area contributed by atoms with Crippen LogP contribution >= 0.6 is 11.3 Å². The van der Waals surface area contributed by atoms with Crippen molar-refractivity contribution >= 4 is 22.9 Å². The maximum atomic E-state index is 14.0. The Hall–Kier alpha value is -2.67. The number of hydrogen-bond donors (Lipinski definition) is 0. The van der Waals surface area contributed by atoms with Gasteiger partial charge in [-0.05, 0) is 72.5 Å². The third-order valence-electron chi connectivity index (χ3n) is 8.15. The van der Waals surface area contributed by atoms with E-state index >= 15 is 0 Å². The van der Waals surface area contributed by atoms with Crippen molar-refractivity contribution in [1.29, 1.82) is 0 Å². The van der Waals surface area contributed by atoms with E-state index in [1.165, 1.54) is 41.0 Å². The second-order valence-corrected chi connectivity index (χ2v) is 12.0. The van der Waals surface area contributed by atoms with Crippen LogP contribution in [0.15, 0.2) is 66.0 Å². The van der Waals surface area contributed by atoms with Gasteiger partial charge in [0.25, 0.3) is 5.91 Å². The van der Waals surface area contributed by atoms with E-state index in [1.54, 1.807) is 0 Å². The fourth-order valence-corrected chi connectivity index (χ4v) is 6.51. The van der Waals surface area contributed by atoms with E-state index in [9.17, 15) is 4.79 Å². The largest absolute Gasteiger partial charge is 0.378 e. The fraction of sp³-hybridized carbons (Fsp3) is 0.485. The standard InChI is InChI=1S/C33H43N3O2S/c1-2-3-4-6-27-8-12-29(13-9-27)33(37)36(31-16-18-34(19-17-31)26-32-7-5-24-39-32)25-28-10-14-30(15-11-28)35-20-22-38-23-21-35/h5,7-15,24,31H,2-4,6,16-23,25-26H2,1H3. The molecular formula is C33H43N3O2S. The lowest BCUT2D eigenvalue weighted by molar-refractivity contribution is 0.0543. The lowest BCUT2D eigenvalue weighted by Gasteiger charge is -2.38. The van der Waals surface area contributed by atoms with Gasteiger partial charge in [-0.1, -0.05) is 50.1 Å². The van der Waals surface area contributed by atoms with Gasteiger partial charge in [0.1, 0.15) is 0 Å².